The maximum Gasteiger partial charge on any atom is 0.131 e. The zero-order chi connectivity index (χ0) is 35.6. The molecule has 11 aromatic rings. The first-order valence-electron chi connectivity index (χ1n) is 18.4. The summed E-state index contributed by atoms with van der Waals surface area (Å²) in [5, 5.41) is 6.36. The third-order valence-corrected chi connectivity index (χ3v) is 11.8. The van der Waals surface area contributed by atoms with E-state index in [1.165, 1.54) is 64.1 Å². The van der Waals surface area contributed by atoms with Crippen molar-refractivity contribution in [2.24, 2.45) is 0 Å². The second-order valence-corrected chi connectivity index (χ2v) is 14.9. The fourth-order valence-corrected chi connectivity index (χ4v) is 9.37. The molecule has 11 rings (SSSR count). The summed E-state index contributed by atoms with van der Waals surface area (Å²) >= 11 is 1.85. The van der Waals surface area contributed by atoms with E-state index in [9.17, 15) is 0 Å². The number of fused-ring (bicyclic) bond motifs is 8. The van der Waals surface area contributed by atoms with Gasteiger partial charge in [-0.15, -0.1) is 11.3 Å². The van der Waals surface area contributed by atoms with Crippen LogP contribution in [0.2, 0.25) is 0 Å². The minimum Gasteiger partial charge on any atom is -0.310 e. The number of aromatic nitrogens is 2. The average molecular weight is 708 g/mol. The van der Waals surface area contributed by atoms with Crippen molar-refractivity contribution in [1.82, 2.24) is 9.13 Å². The predicted molar refractivity (Wildman–Crippen MR) is 231 cm³/mol. The summed E-state index contributed by atoms with van der Waals surface area (Å²) < 4.78 is 7.48. The molecule has 0 bridgehead atoms. The van der Waals surface area contributed by atoms with Crippen LogP contribution in [0.3, 0.4) is 0 Å². The van der Waals surface area contributed by atoms with Gasteiger partial charge in [-0.25, -0.2) is 0 Å². The van der Waals surface area contributed by atoms with Gasteiger partial charge in [0.15, 0.2) is 0 Å². The molecule has 0 aliphatic heterocycles. The molecule has 0 atom stereocenters. The summed E-state index contributed by atoms with van der Waals surface area (Å²) in [5.41, 5.74) is 11.6. The van der Waals surface area contributed by atoms with E-state index in [0.29, 0.717) is 0 Å². The fourth-order valence-electron chi connectivity index (χ4n) is 8.28. The highest BCUT2D eigenvalue weighted by Gasteiger charge is 2.22. The van der Waals surface area contributed by atoms with Crippen molar-refractivity contribution in [2.45, 2.75) is 0 Å². The van der Waals surface area contributed by atoms with Gasteiger partial charge in [0.25, 0.3) is 0 Å². The molecule has 3 heterocycles. The molecule has 0 spiro atoms. The Balaban J connectivity index is 1.08. The van der Waals surface area contributed by atoms with E-state index < -0.39 is 0 Å². The van der Waals surface area contributed by atoms with Gasteiger partial charge >= 0.3 is 0 Å². The lowest BCUT2D eigenvalue weighted by molar-refractivity contribution is 1.07. The number of hydrogen-bond donors (Lipinski definition) is 0. The molecular formula is C50H33N3S. The standard InChI is InChI=1S/C50H33N3S/c1-4-14-36(15-5-1)51(40-29-31-48-44(33-40)41-20-11-13-23-47(41)54-48)39-27-24-34(25-28-39)35-26-30-43-46(32-35)53(38-18-8-3-9-19-38)50-49(43)42-21-10-12-22-45(42)52(50)37-16-6-2-7-17-37/h1-33H. The van der Waals surface area contributed by atoms with Gasteiger partial charge in [-0.05, 0) is 96.1 Å². The molecule has 0 aliphatic rings. The van der Waals surface area contributed by atoms with E-state index >= 15 is 0 Å². The summed E-state index contributed by atoms with van der Waals surface area (Å²) in [4.78, 5) is 2.36. The zero-order valence-corrected chi connectivity index (χ0v) is 30.1. The number of hydrogen-bond acceptors (Lipinski definition) is 2. The average Bonchev–Trinajstić information content (AvgIpc) is 3.89. The van der Waals surface area contributed by atoms with Crippen LogP contribution in [0.4, 0.5) is 17.1 Å². The Morgan fingerprint density at radius 2 is 0.889 bits per heavy atom. The van der Waals surface area contributed by atoms with Gasteiger partial charge in [0.2, 0.25) is 0 Å². The number of para-hydroxylation sites is 4. The lowest BCUT2D eigenvalue weighted by atomic mass is 10.0. The van der Waals surface area contributed by atoms with Gasteiger partial charge in [0.1, 0.15) is 5.65 Å². The molecule has 54 heavy (non-hydrogen) atoms. The second kappa shape index (κ2) is 12.4. The molecule has 0 fully saturated rings. The van der Waals surface area contributed by atoms with Crippen LogP contribution in [0.1, 0.15) is 0 Å². The van der Waals surface area contributed by atoms with Crippen molar-refractivity contribution in [1.29, 1.82) is 0 Å². The van der Waals surface area contributed by atoms with Gasteiger partial charge in [-0.1, -0.05) is 115 Å². The maximum absolute atomic E-state index is 2.44. The summed E-state index contributed by atoms with van der Waals surface area (Å²) in [6.45, 7) is 0. The summed E-state index contributed by atoms with van der Waals surface area (Å²) in [5.74, 6) is 0. The highest BCUT2D eigenvalue weighted by Crippen LogP contribution is 2.43. The lowest BCUT2D eigenvalue weighted by Gasteiger charge is -2.26. The van der Waals surface area contributed by atoms with Gasteiger partial charge in [-0.3, -0.25) is 9.13 Å². The van der Waals surface area contributed by atoms with Crippen LogP contribution >= 0.6 is 11.3 Å². The van der Waals surface area contributed by atoms with Crippen molar-refractivity contribution in [3.05, 3.63) is 200 Å². The Morgan fingerprint density at radius 1 is 0.352 bits per heavy atom. The number of anilines is 3. The molecule has 3 nitrogen and oxygen atoms in total. The highest BCUT2D eigenvalue weighted by atomic mass is 32.1. The normalized spacial score (nSPS) is 11.7. The van der Waals surface area contributed by atoms with Gasteiger partial charge in [0.05, 0.1) is 11.0 Å². The molecule has 8 aromatic carbocycles. The van der Waals surface area contributed by atoms with Crippen LogP contribution in [0, 0.1) is 0 Å². The van der Waals surface area contributed by atoms with Crippen molar-refractivity contribution in [3.8, 4) is 22.5 Å². The van der Waals surface area contributed by atoms with Crippen LogP contribution in [0.5, 0.6) is 0 Å². The predicted octanol–water partition coefficient (Wildman–Crippen LogP) is 14.2. The highest BCUT2D eigenvalue weighted by molar-refractivity contribution is 7.25. The number of nitrogens with zero attached hydrogens (tertiary/aromatic N) is 3. The van der Waals surface area contributed by atoms with E-state index in [0.717, 1.165) is 28.4 Å². The summed E-state index contributed by atoms with van der Waals surface area (Å²) in [6, 6.07) is 72.5. The SMILES string of the molecule is c1ccc(N(c2ccc(-c3ccc4c5c6ccccc6n(-c6ccccc6)c5n(-c5ccccc5)c4c3)cc2)c2ccc3sc4ccccc4c3c2)cc1. The Bertz CT molecular complexity index is 3140. The topological polar surface area (TPSA) is 13.1 Å². The van der Waals surface area contributed by atoms with Gasteiger partial charge < -0.3 is 4.90 Å². The van der Waals surface area contributed by atoms with Gasteiger partial charge in [-0.2, -0.15) is 0 Å². The number of thiophene rings is 1. The summed E-state index contributed by atoms with van der Waals surface area (Å²) in [6.07, 6.45) is 0. The first-order valence-corrected chi connectivity index (χ1v) is 19.2. The molecule has 0 aliphatic carbocycles. The minimum atomic E-state index is 1.12. The van der Waals surface area contributed by atoms with E-state index in [-0.39, 0.29) is 0 Å². The van der Waals surface area contributed by atoms with Crippen molar-refractivity contribution in [3.63, 3.8) is 0 Å². The molecule has 0 amide bonds. The second-order valence-electron chi connectivity index (χ2n) is 13.8. The van der Waals surface area contributed by atoms with Crippen molar-refractivity contribution < 1.29 is 0 Å². The Kier molecular flexibility index (Phi) is 7.04. The van der Waals surface area contributed by atoms with Crippen LogP contribution in [0.15, 0.2) is 200 Å². The molecule has 3 aromatic heterocycles. The largest absolute Gasteiger partial charge is 0.310 e. The molecule has 0 unspecified atom stereocenters. The quantitative estimate of drug-likeness (QED) is 0.168. The van der Waals surface area contributed by atoms with Crippen LogP contribution < -0.4 is 4.90 Å². The minimum absolute atomic E-state index is 1.12. The third kappa shape index (κ3) is 4.81. The van der Waals surface area contributed by atoms with Crippen molar-refractivity contribution in [2.75, 3.05) is 4.90 Å². The van der Waals surface area contributed by atoms with Crippen LogP contribution in [0.25, 0.3) is 75.5 Å². The smallest absolute Gasteiger partial charge is 0.131 e. The zero-order valence-electron chi connectivity index (χ0n) is 29.3. The Hall–Kier alpha value is -6.88. The molecule has 4 heteroatoms. The Labute approximate surface area is 316 Å². The third-order valence-electron chi connectivity index (χ3n) is 10.7. The lowest BCUT2D eigenvalue weighted by Crippen LogP contribution is -2.09. The fraction of sp³-hybridized carbons (Fsp3) is 0. The van der Waals surface area contributed by atoms with E-state index in [4.69, 9.17) is 0 Å². The molecule has 0 saturated heterocycles. The monoisotopic (exact) mass is 707 g/mol. The Morgan fingerprint density at radius 3 is 1.63 bits per heavy atom. The molecule has 0 N–H and O–H groups in total. The van der Waals surface area contributed by atoms with E-state index in [1.807, 2.05) is 11.3 Å². The van der Waals surface area contributed by atoms with E-state index in [2.05, 4.69) is 214 Å². The molecule has 0 radical (unpaired) electrons. The molecule has 254 valence electrons. The number of rotatable bonds is 6. The first kappa shape index (κ1) is 30.7. The van der Waals surface area contributed by atoms with Crippen LogP contribution in [-0.4, -0.2) is 9.13 Å². The maximum atomic E-state index is 2.44. The molecule has 0 saturated carbocycles. The van der Waals surface area contributed by atoms with E-state index in [1.54, 1.807) is 0 Å². The van der Waals surface area contributed by atoms with Crippen LogP contribution in [-0.2, 0) is 0 Å². The number of benzene rings is 8. The molecular weight excluding hydrogens is 675 g/mol. The van der Waals surface area contributed by atoms with Gasteiger partial charge in [0, 0.05) is 64.8 Å². The first-order chi connectivity index (χ1) is 26.8. The summed E-state index contributed by atoms with van der Waals surface area (Å²) in [7, 11) is 0. The van der Waals surface area contributed by atoms with Crippen molar-refractivity contribution >= 4 is 81.4 Å².